The van der Waals surface area contributed by atoms with Gasteiger partial charge in [-0.3, -0.25) is 14.9 Å². The summed E-state index contributed by atoms with van der Waals surface area (Å²) in [6.45, 7) is 2.58. The van der Waals surface area contributed by atoms with Gasteiger partial charge in [0.15, 0.2) is 0 Å². The smallest absolute Gasteiger partial charge is 0.285 e. The molecule has 1 unspecified atom stereocenters. The normalized spacial score (nSPS) is 17.6. The molecule has 1 aromatic carbocycles. The molecule has 21 heavy (non-hydrogen) atoms. The maximum atomic E-state index is 13.1. The zero-order chi connectivity index (χ0) is 15.6. The SMILES string of the molecule is CC(O)C1CCN(C(=O)c2ccc(F)cc2[N+](=O)[O-])CC1. The Morgan fingerprint density at radius 2 is 2.10 bits per heavy atom. The molecule has 1 N–H and O–H groups in total. The molecule has 0 bridgehead atoms. The Balaban J connectivity index is 2.16. The number of likely N-dealkylation sites (tertiary alicyclic amines) is 1. The minimum absolute atomic E-state index is 0.100. The van der Waals surface area contributed by atoms with Crippen molar-refractivity contribution in [2.24, 2.45) is 5.92 Å². The van der Waals surface area contributed by atoms with Crippen LogP contribution >= 0.6 is 0 Å². The van der Waals surface area contributed by atoms with E-state index in [0.29, 0.717) is 25.9 Å². The van der Waals surface area contributed by atoms with Crippen LogP contribution in [0.1, 0.15) is 30.1 Å². The number of carbonyl (C=O) groups is 1. The van der Waals surface area contributed by atoms with E-state index in [9.17, 15) is 24.4 Å². The third-order valence-electron chi connectivity index (χ3n) is 3.90. The van der Waals surface area contributed by atoms with E-state index in [1.165, 1.54) is 4.90 Å². The van der Waals surface area contributed by atoms with E-state index in [4.69, 9.17) is 0 Å². The number of nitrogens with zero attached hydrogens (tertiary/aromatic N) is 2. The van der Waals surface area contributed by atoms with Crippen molar-refractivity contribution in [2.45, 2.75) is 25.9 Å². The maximum Gasteiger partial charge on any atom is 0.285 e. The fraction of sp³-hybridized carbons (Fsp3) is 0.500. The predicted molar refractivity (Wildman–Crippen MR) is 73.4 cm³/mol. The van der Waals surface area contributed by atoms with E-state index in [1.807, 2.05) is 0 Å². The highest BCUT2D eigenvalue weighted by Gasteiger charge is 2.29. The fourth-order valence-corrected chi connectivity index (χ4v) is 2.59. The quantitative estimate of drug-likeness (QED) is 0.682. The summed E-state index contributed by atoms with van der Waals surface area (Å²) in [6, 6.07) is 2.95. The van der Waals surface area contributed by atoms with Crippen molar-refractivity contribution in [3.05, 3.63) is 39.7 Å². The first-order valence-corrected chi connectivity index (χ1v) is 6.81. The highest BCUT2D eigenvalue weighted by molar-refractivity contribution is 5.98. The van der Waals surface area contributed by atoms with Crippen molar-refractivity contribution in [3.63, 3.8) is 0 Å². The number of rotatable bonds is 3. The van der Waals surface area contributed by atoms with Crippen LogP contribution in [-0.2, 0) is 0 Å². The third-order valence-corrected chi connectivity index (χ3v) is 3.90. The molecule has 0 spiro atoms. The van der Waals surface area contributed by atoms with Gasteiger partial charge in [0.1, 0.15) is 11.4 Å². The number of piperidine rings is 1. The second-order valence-electron chi connectivity index (χ2n) is 5.29. The largest absolute Gasteiger partial charge is 0.393 e. The Hall–Kier alpha value is -2.02. The van der Waals surface area contributed by atoms with Crippen LogP contribution < -0.4 is 0 Å². The van der Waals surface area contributed by atoms with Gasteiger partial charge in [-0.05, 0) is 37.8 Å². The molecule has 1 aliphatic heterocycles. The summed E-state index contributed by atoms with van der Waals surface area (Å²) in [6.07, 6.45) is 0.874. The van der Waals surface area contributed by atoms with Crippen LogP contribution in [0.15, 0.2) is 18.2 Å². The number of hydrogen-bond donors (Lipinski definition) is 1. The number of halogens is 1. The number of amides is 1. The average Bonchev–Trinajstić information content (AvgIpc) is 2.46. The first-order chi connectivity index (χ1) is 9.90. The Morgan fingerprint density at radius 1 is 1.48 bits per heavy atom. The van der Waals surface area contributed by atoms with Crippen LogP contribution in [0.3, 0.4) is 0 Å². The van der Waals surface area contributed by atoms with Crippen molar-refractivity contribution in [2.75, 3.05) is 13.1 Å². The minimum atomic E-state index is -0.751. The van der Waals surface area contributed by atoms with Gasteiger partial charge in [0, 0.05) is 13.1 Å². The van der Waals surface area contributed by atoms with Crippen LogP contribution in [0.2, 0.25) is 0 Å². The van der Waals surface area contributed by atoms with Crippen molar-refractivity contribution in [1.29, 1.82) is 0 Å². The van der Waals surface area contributed by atoms with E-state index in [1.54, 1.807) is 6.92 Å². The molecule has 1 amide bonds. The summed E-state index contributed by atoms with van der Waals surface area (Å²) in [5, 5.41) is 20.5. The van der Waals surface area contributed by atoms with E-state index in [0.717, 1.165) is 18.2 Å². The van der Waals surface area contributed by atoms with Gasteiger partial charge in [0.05, 0.1) is 17.1 Å². The third kappa shape index (κ3) is 3.36. The fourth-order valence-electron chi connectivity index (χ4n) is 2.59. The van der Waals surface area contributed by atoms with E-state index in [2.05, 4.69) is 0 Å². The second kappa shape index (κ2) is 6.17. The molecule has 1 aromatic rings. The van der Waals surface area contributed by atoms with E-state index in [-0.39, 0.29) is 11.5 Å². The van der Waals surface area contributed by atoms with Crippen LogP contribution in [0.25, 0.3) is 0 Å². The van der Waals surface area contributed by atoms with Crippen molar-refractivity contribution in [1.82, 2.24) is 4.90 Å². The lowest BCUT2D eigenvalue weighted by Gasteiger charge is -2.33. The number of aliphatic hydroxyl groups excluding tert-OH is 1. The molecule has 114 valence electrons. The topological polar surface area (TPSA) is 83.7 Å². The first-order valence-electron chi connectivity index (χ1n) is 6.81. The minimum Gasteiger partial charge on any atom is -0.393 e. The monoisotopic (exact) mass is 296 g/mol. The number of nitro benzene ring substituents is 1. The number of hydrogen-bond acceptors (Lipinski definition) is 4. The number of aliphatic hydroxyl groups is 1. The second-order valence-corrected chi connectivity index (χ2v) is 5.29. The number of carbonyl (C=O) groups excluding carboxylic acids is 1. The highest BCUT2D eigenvalue weighted by Crippen LogP contribution is 2.25. The molecule has 1 fully saturated rings. The summed E-state index contributed by atoms with van der Waals surface area (Å²) in [4.78, 5) is 24.0. The van der Waals surface area contributed by atoms with Gasteiger partial charge in [-0.2, -0.15) is 0 Å². The summed E-state index contributed by atoms with van der Waals surface area (Å²) in [5.74, 6) is -1.07. The molecule has 0 aliphatic carbocycles. The number of nitro groups is 1. The van der Waals surface area contributed by atoms with Crippen LogP contribution in [0.5, 0.6) is 0 Å². The molecule has 6 nitrogen and oxygen atoms in total. The Morgan fingerprint density at radius 3 is 2.62 bits per heavy atom. The summed E-state index contributed by atoms with van der Waals surface area (Å²) >= 11 is 0. The molecule has 1 atom stereocenters. The summed E-state index contributed by atoms with van der Waals surface area (Å²) < 4.78 is 13.1. The van der Waals surface area contributed by atoms with Crippen molar-refractivity contribution in [3.8, 4) is 0 Å². The molecule has 2 rings (SSSR count). The number of benzene rings is 1. The predicted octanol–water partition coefficient (Wildman–Crippen LogP) is 1.97. The lowest BCUT2D eigenvalue weighted by atomic mass is 9.92. The van der Waals surface area contributed by atoms with Gasteiger partial charge >= 0.3 is 0 Å². The molecule has 1 aliphatic rings. The highest BCUT2D eigenvalue weighted by atomic mass is 19.1. The molecule has 1 heterocycles. The maximum absolute atomic E-state index is 13.1. The van der Waals surface area contributed by atoms with Gasteiger partial charge in [-0.15, -0.1) is 0 Å². The van der Waals surface area contributed by atoms with Gasteiger partial charge in [-0.1, -0.05) is 0 Å². The van der Waals surface area contributed by atoms with E-state index < -0.39 is 28.4 Å². The molecule has 7 heteroatoms. The molecule has 0 radical (unpaired) electrons. The van der Waals surface area contributed by atoms with Gasteiger partial charge < -0.3 is 10.0 Å². The Labute approximate surface area is 121 Å². The summed E-state index contributed by atoms with van der Waals surface area (Å²) in [7, 11) is 0. The van der Waals surface area contributed by atoms with Gasteiger partial charge in [0.2, 0.25) is 0 Å². The summed E-state index contributed by atoms with van der Waals surface area (Å²) in [5.41, 5.74) is -0.616. The molecule has 0 aromatic heterocycles. The van der Waals surface area contributed by atoms with Gasteiger partial charge in [0.25, 0.3) is 11.6 Å². The van der Waals surface area contributed by atoms with Crippen LogP contribution in [0, 0.1) is 21.8 Å². The lowest BCUT2D eigenvalue weighted by Crippen LogP contribution is -2.40. The standard InChI is InChI=1S/C14H17FN2O4/c1-9(18)10-4-6-16(7-5-10)14(19)12-3-2-11(15)8-13(12)17(20)21/h2-3,8-10,18H,4-7H2,1H3. The Kier molecular flexibility index (Phi) is 4.52. The van der Waals surface area contributed by atoms with Crippen LogP contribution in [0.4, 0.5) is 10.1 Å². The van der Waals surface area contributed by atoms with Gasteiger partial charge in [-0.25, -0.2) is 4.39 Å². The Bertz CT molecular complexity index is 554. The van der Waals surface area contributed by atoms with Crippen LogP contribution in [-0.4, -0.2) is 40.0 Å². The average molecular weight is 296 g/mol. The molecule has 1 saturated heterocycles. The zero-order valence-electron chi connectivity index (χ0n) is 11.7. The molecule has 0 saturated carbocycles. The van der Waals surface area contributed by atoms with Crippen molar-refractivity contribution < 1.29 is 19.2 Å². The lowest BCUT2D eigenvalue weighted by molar-refractivity contribution is -0.385. The molecular weight excluding hydrogens is 279 g/mol. The zero-order valence-corrected chi connectivity index (χ0v) is 11.7. The first kappa shape index (κ1) is 15.4. The van der Waals surface area contributed by atoms with Crippen molar-refractivity contribution >= 4 is 11.6 Å². The van der Waals surface area contributed by atoms with E-state index >= 15 is 0 Å². The molecular formula is C14H17FN2O4.